The van der Waals surface area contributed by atoms with Crippen LogP contribution in [0.5, 0.6) is 6.01 Å². The SMILES string of the molecule is C[C@]12COCCN(C1)c1nc(OC[C@@]34CCCN3C[C@H](F)C4)nc3cc(nnc13)-c1c(c(Cl)cc3[nH]ncc13)CCCOC(=O)O2. The first-order valence-corrected chi connectivity index (χ1v) is 16.1. The predicted octanol–water partition coefficient (Wildman–Crippen LogP) is 4.27. The van der Waals surface area contributed by atoms with Crippen LogP contribution in [-0.2, 0) is 20.6 Å². The molecule has 46 heavy (non-hydrogen) atoms. The molecule has 5 aliphatic rings. The fourth-order valence-corrected chi connectivity index (χ4v) is 7.76. The Hall–Kier alpha value is -3.88. The molecule has 3 aromatic heterocycles. The molecule has 9 rings (SSSR count). The minimum absolute atomic E-state index is 0.133. The number of hydrogen-bond donors (Lipinski definition) is 1. The van der Waals surface area contributed by atoms with Crippen LogP contribution in [-0.4, -0.2) is 111 Å². The van der Waals surface area contributed by atoms with Crippen molar-refractivity contribution in [1.29, 1.82) is 0 Å². The minimum atomic E-state index is -1.04. The first kappa shape index (κ1) is 29.5. The molecule has 3 atom stereocenters. The van der Waals surface area contributed by atoms with Gasteiger partial charge < -0.3 is 23.8 Å². The Morgan fingerprint density at radius 1 is 1.20 bits per heavy atom. The number of carbonyl (C=O) groups is 1. The Morgan fingerprint density at radius 2 is 2.11 bits per heavy atom. The molecule has 13 nitrogen and oxygen atoms in total. The van der Waals surface area contributed by atoms with Gasteiger partial charge in [-0.15, -0.1) is 10.2 Å². The highest BCUT2D eigenvalue weighted by Crippen LogP contribution is 2.41. The van der Waals surface area contributed by atoms with Crippen molar-refractivity contribution in [2.75, 3.05) is 57.5 Å². The lowest BCUT2D eigenvalue weighted by atomic mass is 9.95. The summed E-state index contributed by atoms with van der Waals surface area (Å²) in [6.07, 6.45) is 3.34. The number of aromatic amines is 1. The van der Waals surface area contributed by atoms with Crippen LogP contribution in [0.2, 0.25) is 5.02 Å². The van der Waals surface area contributed by atoms with Gasteiger partial charge in [0.25, 0.3) is 0 Å². The number of hydrogen-bond acceptors (Lipinski definition) is 12. The van der Waals surface area contributed by atoms with Gasteiger partial charge in [0.2, 0.25) is 0 Å². The minimum Gasteiger partial charge on any atom is -0.461 e. The summed E-state index contributed by atoms with van der Waals surface area (Å²) in [5, 5.41) is 17.9. The molecule has 0 saturated carbocycles. The molecule has 0 spiro atoms. The van der Waals surface area contributed by atoms with Crippen molar-refractivity contribution in [3.63, 3.8) is 0 Å². The molecule has 15 heteroatoms. The second kappa shape index (κ2) is 11.4. The molecular formula is C31H34ClFN8O5. The van der Waals surface area contributed by atoms with Gasteiger partial charge in [-0.1, -0.05) is 11.6 Å². The summed E-state index contributed by atoms with van der Waals surface area (Å²) in [6, 6.07) is 3.84. The van der Waals surface area contributed by atoms with Gasteiger partial charge in [-0.25, -0.2) is 9.18 Å². The summed E-state index contributed by atoms with van der Waals surface area (Å²) >= 11 is 6.82. The predicted molar refractivity (Wildman–Crippen MR) is 166 cm³/mol. The zero-order valence-corrected chi connectivity index (χ0v) is 26.2. The second-order valence-corrected chi connectivity index (χ2v) is 13.3. The lowest BCUT2D eigenvalue weighted by molar-refractivity contribution is -0.0575. The van der Waals surface area contributed by atoms with Gasteiger partial charge in [0.05, 0.1) is 49.3 Å². The lowest BCUT2D eigenvalue weighted by Crippen LogP contribution is -2.46. The van der Waals surface area contributed by atoms with E-state index < -0.39 is 17.9 Å². The molecule has 4 aromatic rings. The van der Waals surface area contributed by atoms with Crippen molar-refractivity contribution >= 4 is 45.5 Å². The smallest absolute Gasteiger partial charge is 0.461 e. The summed E-state index contributed by atoms with van der Waals surface area (Å²) in [6.45, 7) is 4.71. The normalized spacial score (nSPS) is 27.1. The maximum atomic E-state index is 14.5. The van der Waals surface area contributed by atoms with Crippen LogP contribution in [0.15, 0.2) is 18.3 Å². The summed E-state index contributed by atoms with van der Waals surface area (Å²) in [4.78, 5) is 26.7. The van der Waals surface area contributed by atoms with Gasteiger partial charge in [0, 0.05) is 35.5 Å². The lowest BCUT2D eigenvalue weighted by Gasteiger charge is -2.32. The monoisotopic (exact) mass is 652 g/mol. The van der Waals surface area contributed by atoms with E-state index in [9.17, 15) is 9.18 Å². The summed E-state index contributed by atoms with van der Waals surface area (Å²) in [7, 11) is 0. The van der Waals surface area contributed by atoms with Crippen LogP contribution in [0.1, 0.15) is 38.2 Å². The number of nitrogens with zero attached hydrogens (tertiary/aromatic N) is 7. The van der Waals surface area contributed by atoms with Crippen molar-refractivity contribution in [2.24, 2.45) is 0 Å². The van der Waals surface area contributed by atoms with E-state index in [4.69, 9.17) is 40.5 Å². The molecule has 0 unspecified atom stereocenters. The summed E-state index contributed by atoms with van der Waals surface area (Å²) < 4.78 is 38.1. The number of benzene rings is 1. The number of nitrogens with one attached hydrogen (secondary N) is 1. The first-order chi connectivity index (χ1) is 22.3. The molecule has 242 valence electrons. The summed E-state index contributed by atoms with van der Waals surface area (Å²) in [5.74, 6) is 0.468. The Balaban J connectivity index is 1.28. The number of anilines is 1. The molecule has 0 amide bonds. The van der Waals surface area contributed by atoms with Crippen LogP contribution in [0.25, 0.3) is 33.2 Å². The van der Waals surface area contributed by atoms with Crippen LogP contribution in [0.3, 0.4) is 0 Å². The number of alkyl halides is 1. The third-order valence-corrected chi connectivity index (χ3v) is 9.89. The maximum Gasteiger partial charge on any atom is 0.508 e. The maximum absolute atomic E-state index is 14.5. The van der Waals surface area contributed by atoms with Crippen LogP contribution in [0, 0.1) is 0 Å². The highest BCUT2D eigenvalue weighted by molar-refractivity contribution is 6.33. The topological polar surface area (TPSA) is 141 Å². The number of ether oxygens (including phenoxy) is 4. The zero-order valence-electron chi connectivity index (χ0n) is 25.4. The van der Waals surface area contributed by atoms with E-state index in [1.165, 1.54) is 0 Å². The van der Waals surface area contributed by atoms with E-state index in [1.54, 1.807) is 13.1 Å². The number of halogens is 2. The van der Waals surface area contributed by atoms with E-state index in [1.807, 2.05) is 17.0 Å². The van der Waals surface area contributed by atoms with Gasteiger partial charge in [-0.3, -0.25) is 10.00 Å². The zero-order chi connectivity index (χ0) is 31.5. The van der Waals surface area contributed by atoms with Crippen molar-refractivity contribution in [3.8, 4) is 17.3 Å². The third kappa shape index (κ3) is 5.25. The fraction of sp³-hybridized carbons (Fsp3) is 0.548. The van der Waals surface area contributed by atoms with E-state index in [0.29, 0.717) is 66.5 Å². The number of rotatable bonds is 3. The molecule has 1 N–H and O–H groups in total. The van der Waals surface area contributed by atoms with Crippen LogP contribution < -0.4 is 9.64 Å². The number of H-pyrrole nitrogens is 1. The third-order valence-electron chi connectivity index (χ3n) is 9.55. The first-order valence-electron chi connectivity index (χ1n) is 15.7. The van der Waals surface area contributed by atoms with Crippen LogP contribution in [0.4, 0.5) is 15.0 Å². The number of fused-ring (bicyclic) bond motifs is 8. The number of carbonyl (C=O) groups excluding carboxylic acids is 1. The van der Waals surface area contributed by atoms with Gasteiger partial charge in [0.15, 0.2) is 16.9 Å². The molecule has 5 aliphatic heterocycles. The molecule has 3 fully saturated rings. The Bertz CT molecular complexity index is 1830. The average Bonchev–Trinajstić information content (AvgIpc) is 3.68. The van der Waals surface area contributed by atoms with Gasteiger partial charge in [-0.2, -0.15) is 15.1 Å². The quantitative estimate of drug-likeness (QED) is 0.316. The largest absolute Gasteiger partial charge is 0.508 e. The molecule has 6 bridgehead atoms. The molecule has 3 saturated heterocycles. The van der Waals surface area contributed by atoms with Crippen molar-refractivity contribution < 1.29 is 28.1 Å². The molecular weight excluding hydrogens is 619 g/mol. The average molecular weight is 653 g/mol. The Kier molecular flexibility index (Phi) is 7.33. The van der Waals surface area contributed by atoms with E-state index in [-0.39, 0.29) is 37.9 Å². The highest BCUT2D eigenvalue weighted by Gasteiger charge is 2.49. The van der Waals surface area contributed by atoms with E-state index >= 15 is 0 Å². The molecule has 1 aromatic carbocycles. The van der Waals surface area contributed by atoms with Gasteiger partial charge in [-0.05, 0) is 56.8 Å². The highest BCUT2D eigenvalue weighted by atomic mass is 35.5. The van der Waals surface area contributed by atoms with Gasteiger partial charge >= 0.3 is 12.2 Å². The van der Waals surface area contributed by atoms with E-state index in [0.717, 1.165) is 41.4 Å². The van der Waals surface area contributed by atoms with Crippen molar-refractivity contribution in [3.05, 3.63) is 28.9 Å². The van der Waals surface area contributed by atoms with Crippen molar-refractivity contribution in [2.45, 2.75) is 56.3 Å². The molecule has 0 radical (unpaired) electrons. The summed E-state index contributed by atoms with van der Waals surface area (Å²) in [5.41, 5.74) is 2.44. The standard InChI is InChI=1S/C31H34ClFN8O5/c1-30-15-40(7-9-43-16-30)27-26-24(35-28(36-27)45-17-31-5-3-6-41(31)14-18(33)12-31)11-23(38-39-26)25-19(4-2-8-44-29(42)46-30)21(32)10-22-20(25)13-34-37-22/h10-11,13,18H,2-9,12,14-17H2,1H3,(H,34,37)/t18-,30-,31+/m1/s1. The Labute approximate surface area is 268 Å². The van der Waals surface area contributed by atoms with Gasteiger partial charge in [0.1, 0.15) is 18.3 Å². The second-order valence-electron chi connectivity index (χ2n) is 12.9. The van der Waals surface area contributed by atoms with Crippen LogP contribution >= 0.6 is 11.6 Å². The van der Waals surface area contributed by atoms with Crippen molar-refractivity contribution in [1.82, 2.24) is 35.3 Å². The van der Waals surface area contributed by atoms with E-state index in [2.05, 4.69) is 25.3 Å². The molecule has 8 heterocycles. The Morgan fingerprint density at radius 3 is 3.02 bits per heavy atom. The fourth-order valence-electron chi connectivity index (χ4n) is 7.46. The molecule has 0 aliphatic carbocycles. The number of aromatic nitrogens is 6.